The fourth-order valence-electron chi connectivity index (χ4n) is 3.19. The van der Waals surface area contributed by atoms with Gasteiger partial charge in [-0.3, -0.25) is 14.1 Å². The normalized spacial score (nSPS) is 23.0. The minimum Gasteiger partial charge on any atom is -0.375 e. The van der Waals surface area contributed by atoms with Crippen LogP contribution in [0.25, 0.3) is 5.78 Å². The zero-order valence-electron chi connectivity index (χ0n) is 13.1. The van der Waals surface area contributed by atoms with Gasteiger partial charge in [0.25, 0.3) is 0 Å². The Morgan fingerprint density at radius 3 is 3.00 bits per heavy atom. The maximum absolute atomic E-state index is 11.7. The third-order valence-corrected chi connectivity index (χ3v) is 4.12. The number of hydrogen-bond acceptors (Lipinski definition) is 5. The molecule has 1 amide bonds. The lowest BCUT2D eigenvalue weighted by Crippen LogP contribution is -2.56. The fourth-order valence-corrected chi connectivity index (χ4v) is 3.19. The molecule has 2 aromatic heterocycles. The summed E-state index contributed by atoms with van der Waals surface area (Å²) in [6.07, 6.45) is 1.61. The number of fused-ring (bicyclic) bond motifs is 1. The number of nitrogens with two attached hydrogens (primary N) is 1. The number of primary amides is 1. The monoisotopic (exact) mass is 303 g/mol. The SMILES string of the molecule is Cc1cc(C)n2c(CN3CCO[C@H](C)[C@H]3C(N)=O)cnc2n1. The van der Waals surface area contributed by atoms with Gasteiger partial charge in [0.15, 0.2) is 0 Å². The Morgan fingerprint density at radius 1 is 1.50 bits per heavy atom. The van der Waals surface area contributed by atoms with Gasteiger partial charge in [-0.15, -0.1) is 0 Å². The van der Waals surface area contributed by atoms with Crippen molar-refractivity contribution in [1.82, 2.24) is 19.3 Å². The van der Waals surface area contributed by atoms with Crippen molar-refractivity contribution in [3.63, 3.8) is 0 Å². The number of imidazole rings is 1. The second kappa shape index (κ2) is 5.66. The number of nitrogens with zero attached hydrogens (tertiary/aromatic N) is 4. The number of rotatable bonds is 3. The lowest BCUT2D eigenvalue weighted by atomic mass is 10.1. The second-order valence-electron chi connectivity index (χ2n) is 5.82. The van der Waals surface area contributed by atoms with E-state index in [1.165, 1.54) is 0 Å². The van der Waals surface area contributed by atoms with E-state index >= 15 is 0 Å². The Morgan fingerprint density at radius 2 is 2.27 bits per heavy atom. The van der Waals surface area contributed by atoms with E-state index in [1.807, 2.05) is 37.4 Å². The lowest BCUT2D eigenvalue weighted by molar-refractivity contribution is -0.136. The van der Waals surface area contributed by atoms with Gasteiger partial charge in [-0.2, -0.15) is 0 Å². The molecule has 118 valence electrons. The number of morpholine rings is 1. The molecule has 0 saturated carbocycles. The molecule has 1 saturated heterocycles. The van der Waals surface area contributed by atoms with Crippen LogP contribution in [0, 0.1) is 13.8 Å². The van der Waals surface area contributed by atoms with E-state index in [2.05, 4.69) is 14.9 Å². The van der Waals surface area contributed by atoms with Crippen molar-refractivity contribution in [2.45, 2.75) is 39.5 Å². The van der Waals surface area contributed by atoms with E-state index in [9.17, 15) is 4.79 Å². The Balaban J connectivity index is 1.94. The molecule has 7 heteroatoms. The van der Waals surface area contributed by atoms with Gasteiger partial charge >= 0.3 is 0 Å². The highest BCUT2D eigenvalue weighted by Crippen LogP contribution is 2.18. The molecule has 0 aliphatic carbocycles. The van der Waals surface area contributed by atoms with Gasteiger partial charge in [0.1, 0.15) is 6.04 Å². The van der Waals surface area contributed by atoms with Crippen LogP contribution >= 0.6 is 0 Å². The molecule has 0 bridgehead atoms. The smallest absolute Gasteiger partial charge is 0.237 e. The first-order chi connectivity index (χ1) is 10.5. The van der Waals surface area contributed by atoms with Gasteiger partial charge in [0, 0.05) is 24.5 Å². The summed E-state index contributed by atoms with van der Waals surface area (Å²) in [6.45, 7) is 7.72. The summed E-state index contributed by atoms with van der Waals surface area (Å²) < 4.78 is 7.57. The first-order valence-corrected chi connectivity index (χ1v) is 7.43. The minimum atomic E-state index is -0.419. The molecule has 2 atom stereocenters. The maximum atomic E-state index is 11.7. The molecule has 2 aromatic rings. The van der Waals surface area contributed by atoms with Crippen molar-refractivity contribution in [1.29, 1.82) is 0 Å². The molecule has 1 fully saturated rings. The van der Waals surface area contributed by atoms with E-state index in [4.69, 9.17) is 10.5 Å². The fraction of sp³-hybridized carbons (Fsp3) is 0.533. The number of ether oxygens (including phenoxy) is 1. The molecule has 2 N–H and O–H groups in total. The van der Waals surface area contributed by atoms with E-state index in [-0.39, 0.29) is 12.0 Å². The maximum Gasteiger partial charge on any atom is 0.237 e. The number of aromatic nitrogens is 3. The van der Waals surface area contributed by atoms with Gasteiger partial charge in [0.2, 0.25) is 11.7 Å². The van der Waals surface area contributed by atoms with Gasteiger partial charge in [-0.05, 0) is 26.8 Å². The largest absolute Gasteiger partial charge is 0.375 e. The zero-order chi connectivity index (χ0) is 15.9. The number of carbonyl (C=O) groups is 1. The Labute approximate surface area is 129 Å². The first-order valence-electron chi connectivity index (χ1n) is 7.43. The molecule has 0 aromatic carbocycles. The second-order valence-corrected chi connectivity index (χ2v) is 5.82. The number of hydrogen-bond donors (Lipinski definition) is 1. The molecule has 0 radical (unpaired) electrons. The molecule has 1 aliphatic rings. The highest BCUT2D eigenvalue weighted by Gasteiger charge is 2.34. The first kappa shape index (κ1) is 14.9. The lowest BCUT2D eigenvalue weighted by Gasteiger charge is -2.37. The van der Waals surface area contributed by atoms with Crippen molar-refractivity contribution in [2.75, 3.05) is 13.2 Å². The van der Waals surface area contributed by atoms with Crippen molar-refractivity contribution in [3.8, 4) is 0 Å². The Kier molecular flexibility index (Phi) is 3.84. The zero-order valence-corrected chi connectivity index (χ0v) is 13.1. The van der Waals surface area contributed by atoms with Crippen LogP contribution in [-0.4, -0.2) is 50.5 Å². The van der Waals surface area contributed by atoms with E-state index in [0.717, 1.165) is 17.1 Å². The van der Waals surface area contributed by atoms with Crippen molar-refractivity contribution < 1.29 is 9.53 Å². The van der Waals surface area contributed by atoms with E-state index in [1.54, 1.807) is 0 Å². The topological polar surface area (TPSA) is 85.8 Å². The van der Waals surface area contributed by atoms with Crippen LogP contribution in [0.2, 0.25) is 0 Å². The minimum absolute atomic E-state index is 0.202. The molecule has 22 heavy (non-hydrogen) atoms. The Bertz CT molecular complexity index is 711. The summed E-state index contributed by atoms with van der Waals surface area (Å²) in [5.41, 5.74) is 8.56. The van der Waals surface area contributed by atoms with Crippen LogP contribution in [0.15, 0.2) is 12.3 Å². The summed E-state index contributed by atoms with van der Waals surface area (Å²) in [4.78, 5) is 22.6. The summed E-state index contributed by atoms with van der Waals surface area (Å²) in [5, 5.41) is 0. The highest BCUT2D eigenvalue weighted by atomic mass is 16.5. The standard InChI is InChI=1S/C15H21N5O2/c1-9-6-10(2)20-12(7-17-15(20)18-9)8-19-4-5-22-11(3)13(19)14(16)21/h6-7,11,13H,4-5,8H2,1-3H3,(H2,16,21)/t11-,13+/m1/s1. The highest BCUT2D eigenvalue weighted by molar-refractivity contribution is 5.80. The Hall–Kier alpha value is -1.99. The molecule has 0 spiro atoms. The molecule has 3 rings (SSSR count). The summed E-state index contributed by atoms with van der Waals surface area (Å²) in [5.74, 6) is 0.330. The van der Waals surface area contributed by atoms with Crippen LogP contribution in [0.5, 0.6) is 0 Å². The predicted molar refractivity (Wildman–Crippen MR) is 81.3 cm³/mol. The predicted octanol–water partition coefficient (Wildman–Crippen LogP) is 0.421. The quantitative estimate of drug-likeness (QED) is 0.888. The summed E-state index contributed by atoms with van der Waals surface area (Å²) in [6, 6.07) is 1.60. The van der Waals surface area contributed by atoms with E-state index < -0.39 is 6.04 Å². The summed E-state index contributed by atoms with van der Waals surface area (Å²) >= 11 is 0. The third-order valence-electron chi connectivity index (χ3n) is 4.12. The number of carbonyl (C=O) groups excluding carboxylic acids is 1. The van der Waals surface area contributed by atoms with Crippen molar-refractivity contribution in [3.05, 3.63) is 29.3 Å². The molecule has 3 heterocycles. The van der Waals surface area contributed by atoms with Crippen LogP contribution in [0.3, 0.4) is 0 Å². The van der Waals surface area contributed by atoms with Crippen LogP contribution in [-0.2, 0) is 16.1 Å². The van der Waals surface area contributed by atoms with Crippen molar-refractivity contribution >= 4 is 11.7 Å². The van der Waals surface area contributed by atoms with Gasteiger partial charge in [-0.25, -0.2) is 9.97 Å². The molecule has 1 aliphatic heterocycles. The van der Waals surface area contributed by atoms with Gasteiger partial charge in [0.05, 0.1) is 24.6 Å². The number of aryl methyl sites for hydroxylation is 2. The van der Waals surface area contributed by atoms with Crippen LogP contribution < -0.4 is 5.73 Å². The van der Waals surface area contributed by atoms with E-state index in [0.29, 0.717) is 25.5 Å². The van der Waals surface area contributed by atoms with Gasteiger partial charge < -0.3 is 10.5 Å². The molecule has 7 nitrogen and oxygen atoms in total. The molecular weight excluding hydrogens is 282 g/mol. The van der Waals surface area contributed by atoms with Crippen molar-refractivity contribution in [2.24, 2.45) is 5.73 Å². The van der Waals surface area contributed by atoms with Crippen LogP contribution in [0.1, 0.15) is 24.0 Å². The molecule has 0 unspecified atom stereocenters. The average Bonchev–Trinajstić information content (AvgIpc) is 2.81. The third kappa shape index (κ3) is 2.57. The molecular formula is C15H21N5O2. The van der Waals surface area contributed by atoms with Crippen LogP contribution in [0.4, 0.5) is 0 Å². The number of amides is 1. The van der Waals surface area contributed by atoms with Gasteiger partial charge in [-0.1, -0.05) is 0 Å². The summed E-state index contributed by atoms with van der Waals surface area (Å²) in [7, 11) is 0. The average molecular weight is 303 g/mol.